The summed E-state index contributed by atoms with van der Waals surface area (Å²) in [7, 11) is 0. The number of ether oxygens (including phenoxy) is 1. The Kier molecular flexibility index (Phi) is 7.60. The van der Waals surface area contributed by atoms with Crippen molar-refractivity contribution >= 4 is 23.3 Å². The van der Waals surface area contributed by atoms with E-state index >= 15 is 0 Å². The molecular formula is C26H27ClN2O4. The Morgan fingerprint density at radius 2 is 1.76 bits per heavy atom. The largest absolute Gasteiger partial charge is 0.479 e. The van der Waals surface area contributed by atoms with Gasteiger partial charge in [0, 0.05) is 36.4 Å². The molecule has 6 nitrogen and oxygen atoms in total. The maximum atomic E-state index is 10.8. The van der Waals surface area contributed by atoms with Gasteiger partial charge in [0.2, 0.25) is 0 Å². The van der Waals surface area contributed by atoms with Gasteiger partial charge in [0.1, 0.15) is 6.10 Å². The number of carboxylic acids is 1. The Hall–Kier alpha value is -2.93. The lowest BCUT2D eigenvalue weighted by atomic mass is 10.0. The van der Waals surface area contributed by atoms with Gasteiger partial charge in [0.15, 0.2) is 6.10 Å². The molecule has 4 rings (SSSR count). The van der Waals surface area contributed by atoms with Crippen molar-refractivity contribution in [2.75, 3.05) is 18.0 Å². The van der Waals surface area contributed by atoms with E-state index in [0.29, 0.717) is 5.02 Å². The zero-order valence-electron chi connectivity index (χ0n) is 18.2. The molecule has 7 heteroatoms. The number of hydrogen-bond acceptors (Lipinski definition) is 5. The summed E-state index contributed by atoms with van der Waals surface area (Å²) in [6, 6.07) is 21.3. The Bertz CT molecular complexity index is 1040. The van der Waals surface area contributed by atoms with Crippen molar-refractivity contribution in [1.29, 1.82) is 0 Å². The fourth-order valence-electron chi connectivity index (χ4n) is 4.08. The monoisotopic (exact) mass is 466 g/mol. The van der Waals surface area contributed by atoms with E-state index in [2.05, 4.69) is 9.88 Å². The normalized spacial score (nSPS) is 16.4. The number of benzene rings is 2. The summed E-state index contributed by atoms with van der Waals surface area (Å²) in [4.78, 5) is 17.7. The minimum absolute atomic E-state index is 0.102. The summed E-state index contributed by atoms with van der Waals surface area (Å²) < 4.78 is 6.56. The Morgan fingerprint density at radius 1 is 1.06 bits per heavy atom. The molecule has 3 aromatic rings. The fourth-order valence-corrected chi connectivity index (χ4v) is 4.21. The second-order valence-corrected chi connectivity index (χ2v) is 8.67. The van der Waals surface area contributed by atoms with E-state index in [9.17, 15) is 9.90 Å². The smallest absolute Gasteiger partial charge is 0.332 e. The number of hydrogen-bond donors (Lipinski definition) is 2. The van der Waals surface area contributed by atoms with Gasteiger partial charge in [-0.05, 0) is 60.4 Å². The number of anilines is 1. The molecule has 0 saturated carbocycles. The minimum atomic E-state index is -1.38. The van der Waals surface area contributed by atoms with Crippen molar-refractivity contribution < 1.29 is 19.7 Å². The van der Waals surface area contributed by atoms with Crippen LogP contribution in [0, 0.1) is 0 Å². The molecule has 0 amide bonds. The Balaban J connectivity index is 1.38. The van der Waals surface area contributed by atoms with E-state index in [4.69, 9.17) is 21.4 Å². The molecule has 1 saturated heterocycles. The molecule has 2 N–H and O–H groups in total. The topological polar surface area (TPSA) is 82.9 Å². The SMILES string of the molecule is O=C(O)[C@H](O)Cc1ccc(N2CCC(O[C@@H](c3ccc(Cl)cc3)c3ccccn3)CC2)cc1. The van der Waals surface area contributed by atoms with E-state index in [1.807, 2.05) is 66.7 Å². The van der Waals surface area contributed by atoms with Crippen molar-refractivity contribution in [3.8, 4) is 0 Å². The Labute approximate surface area is 198 Å². The number of carbonyl (C=O) groups is 1. The maximum absolute atomic E-state index is 10.8. The molecule has 0 bridgehead atoms. The molecule has 1 aromatic heterocycles. The molecule has 0 unspecified atom stereocenters. The van der Waals surface area contributed by atoms with Crippen LogP contribution < -0.4 is 4.90 Å². The van der Waals surface area contributed by atoms with Crippen molar-refractivity contribution in [2.24, 2.45) is 0 Å². The van der Waals surface area contributed by atoms with Crippen LogP contribution in [0.4, 0.5) is 5.69 Å². The van der Waals surface area contributed by atoms with Gasteiger partial charge in [-0.2, -0.15) is 0 Å². The van der Waals surface area contributed by atoms with Gasteiger partial charge in [-0.3, -0.25) is 4.98 Å². The average molecular weight is 467 g/mol. The quantitative estimate of drug-likeness (QED) is 0.508. The number of aliphatic hydroxyl groups excluding tert-OH is 1. The molecule has 172 valence electrons. The van der Waals surface area contributed by atoms with Crippen molar-refractivity contribution in [3.05, 3.63) is 94.8 Å². The number of rotatable bonds is 8. The van der Waals surface area contributed by atoms with Gasteiger partial charge in [0.25, 0.3) is 0 Å². The number of aliphatic carboxylic acids is 1. The number of carboxylic acid groups (broad SMARTS) is 1. The molecule has 1 aliphatic rings. The third-order valence-electron chi connectivity index (χ3n) is 5.92. The summed E-state index contributed by atoms with van der Waals surface area (Å²) in [5, 5.41) is 19.1. The highest BCUT2D eigenvalue weighted by Crippen LogP contribution is 2.31. The average Bonchev–Trinajstić information content (AvgIpc) is 2.84. The zero-order chi connectivity index (χ0) is 23.2. The van der Waals surface area contributed by atoms with Crippen LogP contribution in [-0.2, 0) is 16.0 Å². The zero-order valence-corrected chi connectivity index (χ0v) is 18.9. The Morgan fingerprint density at radius 3 is 2.36 bits per heavy atom. The lowest BCUT2D eigenvalue weighted by Crippen LogP contribution is -2.37. The first-order valence-corrected chi connectivity index (χ1v) is 11.4. The number of nitrogens with zero attached hydrogens (tertiary/aromatic N) is 2. The van der Waals surface area contributed by atoms with Crippen molar-refractivity contribution in [1.82, 2.24) is 4.98 Å². The predicted octanol–water partition coefficient (Wildman–Crippen LogP) is 4.50. The standard InChI is InChI=1S/C26H27ClN2O4/c27-20-8-6-19(7-9-20)25(23-3-1-2-14-28-23)33-22-12-15-29(16-13-22)21-10-4-18(5-11-21)17-24(30)26(31)32/h1-11,14,22,24-25,30H,12-13,15-17H2,(H,31,32)/t24-,25+/m1/s1. The molecule has 2 aromatic carbocycles. The number of aromatic nitrogens is 1. The van der Waals surface area contributed by atoms with Gasteiger partial charge in [-0.15, -0.1) is 0 Å². The molecule has 2 atom stereocenters. The van der Waals surface area contributed by atoms with Gasteiger partial charge in [-0.25, -0.2) is 4.79 Å². The van der Waals surface area contributed by atoms with Crippen LogP contribution in [-0.4, -0.2) is 46.5 Å². The second kappa shape index (κ2) is 10.8. The molecule has 0 aliphatic carbocycles. The first-order chi connectivity index (χ1) is 16.0. The number of pyridine rings is 1. The first-order valence-electron chi connectivity index (χ1n) is 11.1. The third kappa shape index (κ3) is 6.11. The van der Waals surface area contributed by atoms with E-state index in [-0.39, 0.29) is 18.6 Å². The minimum Gasteiger partial charge on any atom is -0.479 e. The van der Waals surface area contributed by atoms with E-state index < -0.39 is 12.1 Å². The molecule has 1 fully saturated rings. The first kappa shape index (κ1) is 23.2. The van der Waals surface area contributed by atoms with Crippen LogP contribution in [0.3, 0.4) is 0 Å². The summed E-state index contributed by atoms with van der Waals surface area (Å²) in [6.45, 7) is 1.72. The molecule has 1 aliphatic heterocycles. The summed E-state index contributed by atoms with van der Waals surface area (Å²) in [5.74, 6) is -1.20. The second-order valence-electron chi connectivity index (χ2n) is 8.23. The van der Waals surface area contributed by atoms with E-state index in [1.54, 1.807) is 6.20 Å². The van der Waals surface area contributed by atoms with Crippen molar-refractivity contribution in [3.63, 3.8) is 0 Å². The third-order valence-corrected chi connectivity index (χ3v) is 6.17. The summed E-state index contributed by atoms with van der Waals surface area (Å²) in [6.07, 6.45) is 2.13. The van der Waals surface area contributed by atoms with Crippen LogP contribution in [0.15, 0.2) is 72.9 Å². The molecule has 33 heavy (non-hydrogen) atoms. The number of piperidine rings is 1. The highest BCUT2D eigenvalue weighted by atomic mass is 35.5. The van der Waals surface area contributed by atoms with Crippen LogP contribution in [0.5, 0.6) is 0 Å². The number of halogens is 1. The molecular weight excluding hydrogens is 440 g/mol. The van der Waals surface area contributed by atoms with Crippen LogP contribution >= 0.6 is 11.6 Å². The van der Waals surface area contributed by atoms with Gasteiger partial charge >= 0.3 is 5.97 Å². The molecule has 0 spiro atoms. The maximum Gasteiger partial charge on any atom is 0.332 e. The summed E-state index contributed by atoms with van der Waals surface area (Å²) in [5.41, 5.74) is 3.79. The highest BCUT2D eigenvalue weighted by molar-refractivity contribution is 6.30. The van der Waals surface area contributed by atoms with Gasteiger partial charge in [0.05, 0.1) is 11.8 Å². The van der Waals surface area contributed by atoms with Crippen LogP contribution in [0.2, 0.25) is 5.02 Å². The van der Waals surface area contributed by atoms with Gasteiger partial charge in [-0.1, -0.05) is 41.9 Å². The lowest BCUT2D eigenvalue weighted by Gasteiger charge is -2.35. The van der Waals surface area contributed by atoms with E-state index in [1.165, 1.54) is 0 Å². The van der Waals surface area contributed by atoms with Crippen LogP contribution in [0.1, 0.15) is 35.8 Å². The van der Waals surface area contributed by atoms with Crippen LogP contribution in [0.25, 0.3) is 0 Å². The fraction of sp³-hybridized carbons (Fsp3) is 0.308. The van der Waals surface area contributed by atoms with Crippen molar-refractivity contribution in [2.45, 2.75) is 37.6 Å². The predicted molar refractivity (Wildman–Crippen MR) is 128 cm³/mol. The highest BCUT2D eigenvalue weighted by Gasteiger charge is 2.26. The lowest BCUT2D eigenvalue weighted by molar-refractivity contribution is -0.146. The molecule has 2 heterocycles. The number of aliphatic hydroxyl groups is 1. The summed E-state index contributed by atoms with van der Waals surface area (Å²) >= 11 is 6.08. The van der Waals surface area contributed by atoms with E-state index in [0.717, 1.165) is 48.4 Å². The van der Waals surface area contributed by atoms with Gasteiger partial charge < -0.3 is 19.8 Å². The molecule has 0 radical (unpaired) electrons.